The second kappa shape index (κ2) is 30.5. The fourth-order valence-corrected chi connectivity index (χ4v) is 2.49. The highest BCUT2D eigenvalue weighted by atomic mass is 15.1. The zero-order valence-corrected chi connectivity index (χ0v) is 26.7. The van der Waals surface area contributed by atoms with Gasteiger partial charge < -0.3 is 4.90 Å². The third kappa shape index (κ3) is 26.1. The van der Waals surface area contributed by atoms with Crippen LogP contribution in [-0.4, -0.2) is 14.1 Å². The molecule has 0 aromatic heterocycles. The summed E-state index contributed by atoms with van der Waals surface area (Å²) < 4.78 is 0. The topological polar surface area (TPSA) is 3.24 Å². The molecule has 0 aliphatic rings. The quantitative estimate of drug-likeness (QED) is 0.341. The lowest BCUT2D eigenvalue weighted by Crippen LogP contribution is -2.07. The average Bonchev–Trinajstić information content (AvgIpc) is 2.89. The van der Waals surface area contributed by atoms with Crippen molar-refractivity contribution in [1.82, 2.24) is 0 Å². The number of hydrogen-bond acceptors (Lipinski definition) is 1. The molecule has 0 saturated carbocycles. The summed E-state index contributed by atoms with van der Waals surface area (Å²) >= 11 is 0. The molecule has 0 radical (unpaired) electrons. The van der Waals surface area contributed by atoms with Crippen LogP contribution < -0.4 is 4.90 Å². The second-order valence-corrected chi connectivity index (χ2v) is 8.16. The van der Waals surface area contributed by atoms with Gasteiger partial charge in [-0.3, -0.25) is 0 Å². The lowest BCUT2D eigenvalue weighted by molar-refractivity contribution is 0.867. The summed E-state index contributed by atoms with van der Waals surface area (Å²) in [5, 5.41) is 0. The van der Waals surface area contributed by atoms with Crippen molar-refractivity contribution in [3.8, 4) is 0 Å². The maximum atomic E-state index is 2.20. The van der Waals surface area contributed by atoms with Crippen LogP contribution in [0, 0.1) is 20.8 Å². The van der Waals surface area contributed by atoms with Crippen LogP contribution in [-0.2, 0) is 0 Å². The number of rotatable bonds is 2. The van der Waals surface area contributed by atoms with Crippen LogP contribution in [0.25, 0.3) is 0 Å². The molecule has 0 saturated heterocycles. The lowest BCUT2D eigenvalue weighted by Gasteiger charge is -2.11. The van der Waals surface area contributed by atoms with Gasteiger partial charge in [0.15, 0.2) is 0 Å². The van der Waals surface area contributed by atoms with Crippen molar-refractivity contribution in [3.05, 3.63) is 101 Å². The molecule has 3 aromatic rings. The first kappa shape index (κ1) is 40.6. The van der Waals surface area contributed by atoms with Gasteiger partial charge in [-0.25, -0.2) is 0 Å². The molecular formula is C35H61N. The van der Waals surface area contributed by atoms with E-state index in [0.29, 0.717) is 5.92 Å². The Morgan fingerprint density at radius 2 is 0.944 bits per heavy atom. The van der Waals surface area contributed by atoms with Crippen LogP contribution in [0.2, 0.25) is 0 Å². The minimum absolute atomic E-state index is 0.659. The van der Waals surface area contributed by atoms with Crippen LogP contribution in [0.1, 0.15) is 104 Å². The lowest BCUT2D eigenvalue weighted by atomic mass is 10.0. The Morgan fingerprint density at radius 1 is 0.556 bits per heavy atom. The monoisotopic (exact) mass is 495 g/mol. The normalized spacial score (nSPS) is 8.22. The Balaban J connectivity index is -0.000000184. The molecule has 0 N–H and O–H groups in total. The molecule has 1 heteroatoms. The van der Waals surface area contributed by atoms with E-state index in [2.05, 4.69) is 126 Å². The van der Waals surface area contributed by atoms with E-state index >= 15 is 0 Å². The number of benzene rings is 3. The molecule has 3 aromatic carbocycles. The Bertz CT molecular complexity index is 754. The molecule has 0 fully saturated rings. The van der Waals surface area contributed by atoms with E-state index < -0.39 is 0 Å². The van der Waals surface area contributed by atoms with Crippen molar-refractivity contribution in [2.45, 2.75) is 102 Å². The predicted molar refractivity (Wildman–Crippen MR) is 172 cm³/mol. The van der Waals surface area contributed by atoms with E-state index in [1.165, 1.54) is 34.4 Å². The Kier molecular flexibility index (Phi) is 34.4. The van der Waals surface area contributed by atoms with Gasteiger partial charge >= 0.3 is 0 Å². The van der Waals surface area contributed by atoms with Crippen LogP contribution in [0.3, 0.4) is 0 Å². The highest BCUT2D eigenvalue weighted by Gasteiger charge is 1.93. The third-order valence-electron chi connectivity index (χ3n) is 4.19. The van der Waals surface area contributed by atoms with Crippen LogP contribution in [0.4, 0.5) is 5.69 Å². The van der Waals surface area contributed by atoms with Crippen molar-refractivity contribution in [2.75, 3.05) is 19.0 Å². The molecule has 0 spiro atoms. The fraction of sp³-hybridized carbons (Fsp3) is 0.486. The second-order valence-electron chi connectivity index (χ2n) is 8.16. The molecule has 0 unspecified atom stereocenters. The zero-order valence-electron chi connectivity index (χ0n) is 26.7. The summed E-state index contributed by atoms with van der Waals surface area (Å²) in [6.45, 7) is 27.0. The molecule has 0 bridgehead atoms. The van der Waals surface area contributed by atoms with Crippen molar-refractivity contribution in [3.63, 3.8) is 0 Å². The van der Waals surface area contributed by atoms with Crippen LogP contribution >= 0.6 is 0 Å². The molecule has 3 rings (SSSR count). The van der Waals surface area contributed by atoms with Gasteiger partial charge in [0.2, 0.25) is 0 Å². The van der Waals surface area contributed by atoms with Crippen LogP contribution in [0.15, 0.2) is 78.9 Å². The number of anilines is 1. The average molecular weight is 496 g/mol. The number of nitrogens with zero attached hydrogens (tertiary/aromatic N) is 1. The van der Waals surface area contributed by atoms with E-state index in [1.54, 1.807) is 0 Å². The highest BCUT2D eigenvalue weighted by Crippen LogP contribution is 2.12. The van der Waals surface area contributed by atoms with Gasteiger partial charge in [0.25, 0.3) is 0 Å². The Labute approximate surface area is 228 Å². The molecule has 0 aliphatic carbocycles. The summed E-state index contributed by atoms with van der Waals surface area (Å²) in [5.74, 6) is 0.659. The minimum atomic E-state index is 0.659. The summed E-state index contributed by atoms with van der Waals surface area (Å²) in [6, 6.07) is 27.5. The first-order chi connectivity index (χ1) is 17.2. The van der Waals surface area contributed by atoms with Gasteiger partial charge in [-0.2, -0.15) is 0 Å². The standard InChI is InChI=1S/C9H13N.C9H12.C8H10.C3H8.3C2H6/c1-8-4-6-9(7-5-8)10(2)3;1-8(2)9-6-4-3-5-7-9;1-7-4-3-5-8(2)6-7;1-3-2;3*1-2/h4-7H,1-3H3;3-8H,1-2H3;3-6H,1-2H3;3H2,1-2H3;3*1-2H3. The van der Waals surface area contributed by atoms with Gasteiger partial charge in [-0.05, 0) is 44.4 Å². The SMILES string of the molecule is CC.CC.CC.CC(C)c1ccccc1.CCC.Cc1ccc(N(C)C)cc1.Cc1cccc(C)c1. The molecule has 0 atom stereocenters. The zero-order chi connectivity index (χ0) is 28.9. The molecule has 0 amide bonds. The van der Waals surface area contributed by atoms with Gasteiger partial charge in [-0.1, -0.05) is 159 Å². The van der Waals surface area contributed by atoms with Gasteiger partial charge in [-0.15, -0.1) is 0 Å². The third-order valence-corrected chi connectivity index (χ3v) is 4.19. The number of aryl methyl sites for hydroxylation is 3. The Morgan fingerprint density at radius 3 is 1.19 bits per heavy atom. The summed E-state index contributed by atoms with van der Waals surface area (Å²) in [4.78, 5) is 2.10. The van der Waals surface area contributed by atoms with Gasteiger partial charge in [0.1, 0.15) is 0 Å². The minimum Gasteiger partial charge on any atom is -0.378 e. The van der Waals surface area contributed by atoms with Gasteiger partial charge in [0, 0.05) is 19.8 Å². The maximum Gasteiger partial charge on any atom is 0.0361 e. The molecule has 1 nitrogen and oxygen atoms in total. The summed E-state index contributed by atoms with van der Waals surface area (Å²) in [6.07, 6.45) is 1.25. The first-order valence-electron chi connectivity index (χ1n) is 14.0. The van der Waals surface area contributed by atoms with E-state index in [1.807, 2.05) is 61.7 Å². The molecular weight excluding hydrogens is 434 g/mol. The first-order valence-corrected chi connectivity index (χ1v) is 14.0. The summed E-state index contributed by atoms with van der Waals surface area (Å²) in [7, 11) is 4.09. The van der Waals surface area contributed by atoms with Crippen molar-refractivity contribution >= 4 is 5.69 Å². The Hall–Kier alpha value is -2.54. The molecule has 0 heterocycles. The molecule has 206 valence electrons. The van der Waals surface area contributed by atoms with Crippen molar-refractivity contribution in [2.24, 2.45) is 0 Å². The smallest absolute Gasteiger partial charge is 0.0361 e. The largest absolute Gasteiger partial charge is 0.378 e. The maximum absolute atomic E-state index is 2.20. The predicted octanol–water partition coefficient (Wildman–Crippen LogP) is 11.7. The van der Waals surface area contributed by atoms with Crippen molar-refractivity contribution in [1.29, 1.82) is 0 Å². The summed E-state index contributed by atoms with van der Waals surface area (Å²) in [5.41, 5.74) is 6.66. The van der Waals surface area contributed by atoms with E-state index in [9.17, 15) is 0 Å². The molecule has 0 aliphatic heterocycles. The van der Waals surface area contributed by atoms with Crippen molar-refractivity contribution < 1.29 is 0 Å². The van der Waals surface area contributed by atoms with E-state index in [4.69, 9.17) is 0 Å². The number of hydrogen-bond donors (Lipinski definition) is 0. The highest BCUT2D eigenvalue weighted by molar-refractivity contribution is 5.45. The fourth-order valence-electron chi connectivity index (χ4n) is 2.49. The van der Waals surface area contributed by atoms with E-state index in [0.717, 1.165) is 0 Å². The molecule has 36 heavy (non-hydrogen) atoms. The van der Waals surface area contributed by atoms with E-state index in [-0.39, 0.29) is 0 Å². The van der Waals surface area contributed by atoms with Gasteiger partial charge in [0.05, 0.1) is 0 Å². The van der Waals surface area contributed by atoms with Crippen LogP contribution in [0.5, 0.6) is 0 Å².